The molecule has 0 amide bonds. The van der Waals surface area contributed by atoms with Crippen molar-refractivity contribution < 1.29 is 13.9 Å². The normalized spacial score (nSPS) is 20.7. The maximum Gasteiger partial charge on any atom is 0.149 e. The van der Waals surface area contributed by atoms with Crippen molar-refractivity contribution >= 4 is 17.4 Å². The zero-order chi connectivity index (χ0) is 12.4. The van der Waals surface area contributed by atoms with Gasteiger partial charge in [0.2, 0.25) is 0 Å². The molecular weight excluding hydrogens is 244 g/mol. The highest BCUT2D eigenvalue weighted by molar-refractivity contribution is 8.00. The second kappa shape index (κ2) is 5.23. The van der Waals surface area contributed by atoms with Crippen LogP contribution in [0.5, 0.6) is 0 Å². The van der Waals surface area contributed by atoms with Gasteiger partial charge in [-0.1, -0.05) is 6.92 Å². The number of nitrogens with zero attached hydrogens (tertiary/aromatic N) is 1. The van der Waals surface area contributed by atoms with Crippen LogP contribution in [0, 0.1) is 11.6 Å². The van der Waals surface area contributed by atoms with E-state index in [1.54, 1.807) is 4.90 Å². The summed E-state index contributed by atoms with van der Waals surface area (Å²) in [5, 5.41) is 9.25. The molecule has 0 saturated carbocycles. The van der Waals surface area contributed by atoms with Crippen molar-refractivity contribution in [1.82, 2.24) is 0 Å². The van der Waals surface area contributed by atoms with Gasteiger partial charge in [0, 0.05) is 24.1 Å². The molecule has 1 saturated heterocycles. The minimum absolute atomic E-state index is 0.0364. The van der Waals surface area contributed by atoms with Crippen molar-refractivity contribution in [2.24, 2.45) is 0 Å². The summed E-state index contributed by atoms with van der Waals surface area (Å²) in [6.45, 7) is 3.01. The van der Waals surface area contributed by atoms with Gasteiger partial charge in [0.25, 0.3) is 0 Å². The van der Waals surface area contributed by atoms with Gasteiger partial charge in [-0.25, -0.2) is 8.78 Å². The van der Waals surface area contributed by atoms with Crippen LogP contribution in [0.1, 0.15) is 12.5 Å². The average Bonchev–Trinajstić information content (AvgIpc) is 2.28. The standard InChI is InChI=1S/C12H15F2NOS/c1-8-6-15(2-3-17-8)12-10(13)4-9(7-16)5-11(12)14/h4-5,8,16H,2-3,6-7H2,1H3. The smallest absolute Gasteiger partial charge is 0.149 e. The summed E-state index contributed by atoms with van der Waals surface area (Å²) < 4.78 is 27.6. The predicted molar refractivity (Wildman–Crippen MR) is 66.4 cm³/mol. The minimum atomic E-state index is -0.590. The van der Waals surface area contributed by atoms with Crippen molar-refractivity contribution in [1.29, 1.82) is 0 Å². The number of aliphatic hydroxyl groups excluding tert-OH is 1. The Bertz CT molecular complexity index is 390. The highest BCUT2D eigenvalue weighted by Crippen LogP contribution is 2.29. The second-order valence-electron chi connectivity index (χ2n) is 4.19. The molecule has 2 rings (SSSR count). The van der Waals surface area contributed by atoms with Gasteiger partial charge in [-0.2, -0.15) is 11.8 Å². The maximum absolute atomic E-state index is 13.8. The van der Waals surface area contributed by atoms with E-state index in [2.05, 4.69) is 6.92 Å². The van der Waals surface area contributed by atoms with Gasteiger partial charge in [0.1, 0.15) is 17.3 Å². The van der Waals surface area contributed by atoms with Gasteiger partial charge >= 0.3 is 0 Å². The Balaban J connectivity index is 2.31. The molecule has 0 aliphatic carbocycles. The molecule has 0 bridgehead atoms. The van der Waals surface area contributed by atoms with Crippen LogP contribution in [0.25, 0.3) is 0 Å². The monoisotopic (exact) mass is 259 g/mol. The number of anilines is 1. The number of benzene rings is 1. The third kappa shape index (κ3) is 2.72. The minimum Gasteiger partial charge on any atom is -0.392 e. The molecule has 1 N–H and O–H groups in total. The Labute approximate surface area is 104 Å². The molecular formula is C12H15F2NOS. The molecule has 0 spiro atoms. The number of aliphatic hydroxyl groups is 1. The lowest BCUT2D eigenvalue weighted by atomic mass is 10.1. The van der Waals surface area contributed by atoms with Crippen molar-refractivity contribution in [2.45, 2.75) is 18.8 Å². The molecule has 1 unspecified atom stereocenters. The van der Waals surface area contributed by atoms with E-state index in [0.29, 0.717) is 18.3 Å². The Kier molecular flexibility index (Phi) is 3.89. The zero-order valence-electron chi connectivity index (χ0n) is 9.62. The molecule has 2 nitrogen and oxygen atoms in total. The highest BCUT2D eigenvalue weighted by Gasteiger charge is 2.23. The van der Waals surface area contributed by atoms with Crippen LogP contribution in [-0.4, -0.2) is 29.2 Å². The molecule has 0 radical (unpaired) electrons. The molecule has 1 heterocycles. The van der Waals surface area contributed by atoms with E-state index in [-0.39, 0.29) is 17.9 Å². The van der Waals surface area contributed by atoms with Gasteiger partial charge in [0.15, 0.2) is 0 Å². The first-order valence-electron chi connectivity index (χ1n) is 5.57. The van der Waals surface area contributed by atoms with E-state index < -0.39 is 11.6 Å². The van der Waals surface area contributed by atoms with Crippen molar-refractivity contribution in [3.05, 3.63) is 29.3 Å². The van der Waals surface area contributed by atoms with Gasteiger partial charge in [-0.3, -0.25) is 0 Å². The van der Waals surface area contributed by atoms with Gasteiger partial charge < -0.3 is 10.0 Å². The first-order valence-corrected chi connectivity index (χ1v) is 6.62. The quantitative estimate of drug-likeness (QED) is 0.882. The van der Waals surface area contributed by atoms with Crippen molar-refractivity contribution in [3.8, 4) is 0 Å². The molecule has 0 aromatic heterocycles. The van der Waals surface area contributed by atoms with Crippen LogP contribution in [0.15, 0.2) is 12.1 Å². The summed E-state index contributed by atoms with van der Waals surface area (Å²) in [6.07, 6.45) is 0. The van der Waals surface area contributed by atoms with Crippen molar-refractivity contribution in [3.63, 3.8) is 0 Å². The van der Waals surface area contributed by atoms with Crippen molar-refractivity contribution in [2.75, 3.05) is 23.7 Å². The molecule has 1 fully saturated rings. The second-order valence-corrected chi connectivity index (χ2v) is 5.74. The van der Waals surface area contributed by atoms with Crippen LogP contribution < -0.4 is 4.90 Å². The molecule has 94 valence electrons. The lowest BCUT2D eigenvalue weighted by Gasteiger charge is -2.32. The Morgan fingerprint density at radius 2 is 2.06 bits per heavy atom. The van der Waals surface area contributed by atoms with Crippen LogP contribution in [0.3, 0.4) is 0 Å². The first kappa shape index (κ1) is 12.6. The summed E-state index contributed by atoms with van der Waals surface area (Å²) in [5.74, 6) is -0.303. The van der Waals surface area contributed by atoms with Crippen LogP contribution >= 0.6 is 11.8 Å². The fraction of sp³-hybridized carbons (Fsp3) is 0.500. The molecule has 1 atom stereocenters. The van der Waals surface area contributed by atoms with E-state index >= 15 is 0 Å². The molecule has 17 heavy (non-hydrogen) atoms. The topological polar surface area (TPSA) is 23.5 Å². The molecule has 5 heteroatoms. The molecule has 1 aliphatic heterocycles. The van der Waals surface area contributed by atoms with Gasteiger partial charge in [-0.15, -0.1) is 0 Å². The summed E-state index contributed by atoms with van der Waals surface area (Å²) in [5.41, 5.74) is 0.303. The van der Waals surface area contributed by atoms with Crippen LogP contribution in [0.2, 0.25) is 0 Å². The largest absolute Gasteiger partial charge is 0.392 e. The fourth-order valence-electron chi connectivity index (χ4n) is 2.03. The number of halogens is 2. The van der Waals surface area contributed by atoms with E-state index in [1.165, 1.54) is 12.1 Å². The van der Waals surface area contributed by atoms with Gasteiger partial charge in [-0.05, 0) is 17.7 Å². The third-order valence-corrected chi connectivity index (χ3v) is 3.95. The fourth-order valence-corrected chi connectivity index (χ4v) is 3.05. The SMILES string of the molecule is CC1CN(c2c(F)cc(CO)cc2F)CCS1. The summed E-state index contributed by atoms with van der Waals surface area (Å²) in [6, 6.07) is 2.40. The van der Waals surface area contributed by atoms with E-state index in [0.717, 1.165) is 5.75 Å². The zero-order valence-corrected chi connectivity index (χ0v) is 10.4. The van der Waals surface area contributed by atoms with Crippen LogP contribution in [-0.2, 0) is 6.61 Å². The third-order valence-electron chi connectivity index (χ3n) is 2.82. The number of rotatable bonds is 2. The highest BCUT2D eigenvalue weighted by atomic mass is 32.2. The van der Waals surface area contributed by atoms with E-state index in [9.17, 15) is 8.78 Å². The lowest BCUT2D eigenvalue weighted by Crippen LogP contribution is -2.37. The van der Waals surface area contributed by atoms with Gasteiger partial charge in [0.05, 0.1) is 6.61 Å². The van der Waals surface area contributed by atoms with E-state index in [1.807, 2.05) is 11.8 Å². The van der Waals surface area contributed by atoms with Crippen LogP contribution in [0.4, 0.5) is 14.5 Å². The lowest BCUT2D eigenvalue weighted by molar-refractivity contribution is 0.280. The average molecular weight is 259 g/mol. The number of hydrogen-bond donors (Lipinski definition) is 1. The predicted octanol–water partition coefficient (Wildman–Crippen LogP) is 2.40. The number of hydrogen-bond acceptors (Lipinski definition) is 3. The molecule has 1 aromatic rings. The molecule has 1 aliphatic rings. The Hall–Kier alpha value is -0.810. The molecule has 1 aromatic carbocycles. The number of thioether (sulfide) groups is 1. The summed E-state index contributed by atoms with van der Waals surface area (Å²) >= 11 is 1.81. The Morgan fingerprint density at radius 1 is 1.41 bits per heavy atom. The summed E-state index contributed by atoms with van der Waals surface area (Å²) in [7, 11) is 0. The Morgan fingerprint density at radius 3 is 2.59 bits per heavy atom. The maximum atomic E-state index is 13.8. The first-order chi connectivity index (χ1) is 8.11. The summed E-state index contributed by atoms with van der Waals surface area (Å²) in [4.78, 5) is 1.74. The van der Waals surface area contributed by atoms with E-state index in [4.69, 9.17) is 5.11 Å².